The Balaban J connectivity index is 2.79. The summed E-state index contributed by atoms with van der Waals surface area (Å²) in [5.74, 6) is 0.745. The lowest BCUT2D eigenvalue weighted by Gasteiger charge is -1.99. The molecule has 0 spiro atoms. The molecule has 0 aromatic carbocycles. The molecular weight excluding hydrogens is 154 g/mol. The van der Waals surface area contributed by atoms with Crippen molar-refractivity contribution in [2.24, 2.45) is 0 Å². The van der Waals surface area contributed by atoms with E-state index in [1.807, 2.05) is 14.0 Å². The lowest BCUT2D eigenvalue weighted by atomic mass is 10.3. The van der Waals surface area contributed by atoms with E-state index >= 15 is 0 Å². The van der Waals surface area contributed by atoms with Crippen molar-refractivity contribution in [2.75, 3.05) is 13.6 Å². The molecule has 1 heterocycles. The molecular formula is C8H13N3O. The van der Waals surface area contributed by atoms with E-state index in [4.69, 9.17) is 0 Å². The molecule has 0 bridgehead atoms. The number of nitrogens with one attached hydrogen (secondary N) is 2. The fraction of sp³-hybridized carbons (Fsp3) is 0.500. The lowest BCUT2D eigenvalue weighted by molar-refractivity contribution is 0.747. The van der Waals surface area contributed by atoms with Gasteiger partial charge in [0.1, 0.15) is 5.82 Å². The van der Waals surface area contributed by atoms with E-state index in [2.05, 4.69) is 15.3 Å². The second-order valence-electron chi connectivity index (χ2n) is 2.69. The van der Waals surface area contributed by atoms with Crippen LogP contribution >= 0.6 is 0 Å². The zero-order valence-electron chi connectivity index (χ0n) is 7.35. The fourth-order valence-electron chi connectivity index (χ4n) is 1.00. The molecule has 4 nitrogen and oxygen atoms in total. The van der Waals surface area contributed by atoms with Crippen molar-refractivity contribution in [3.8, 4) is 0 Å². The summed E-state index contributed by atoms with van der Waals surface area (Å²) >= 11 is 0. The summed E-state index contributed by atoms with van der Waals surface area (Å²) in [7, 11) is 1.87. The van der Waals surface area contributed by atoms with E-state index in [1.54, 1.807) is 0 Å². The molecule has 0 saturated carbocycles. The lowest BCUT2D eigenvalue weighted by Crippen LogP contribution is -2.16. The summed E-state index contributed by atoms with van der Waals surface area (Å²) in [5, 5.41) is 2.99. The molecule has 0 aliphatic carbocycles. The minimum absolute atomic E-state index is 0.0754. The normalized spacial score (nSPS) is 10.2. The second kappa shape index (κ2) is 4.01. The van der Waals surface area contributed by atoms with Gasteiger partial charge in [-0.3, -0.25) is 4.79 Å². The Labute approximate surface area is 71.0 Å². The first-order valence-electron chi connectivity index (χ1n) is 3.94. The molecule has 0 aliphatic rings. The number of aryl methyl sites for hydroxylation is 1. The summed E-state index contributed by atoms with van der Waals surface area (Å²) in [4.78, 5) is 17.8. The van der Waals surface area contributed by atoms with Gasteiger partial charge in [-0.2, -0.15) is 0 Å². The molecule has 0 fully saturated rings. The SMILES string of the molecule is CNCCc1nc(C)cc(=O)[nH]1. The monoisotopic (exact) mass is 167 g/mol. The number of likely N-dealkylation sites (N-methyl/N-ethyl adjacent to an activating group) is 1. The quantitative estimate of drug-likeness (QED) is 0.657. The highest BCUT2D eigenvalue weighted by Gasteiger charge is 1.96. The molecule has 2 N–H and O–H groups in total. The van der Waals surface area contributed by atoms with Gasteiger partial charge in [0.15, 0.2) is 0 Å². The summed E-state index contributed by atoms with van der Waals surface area (Å²) < 4.78 is 0. The van der Waals surface area contributed by atoms with E-state index in [9.17, 15) is 4.79 Å². The largest absolute Gasteiger partial charge is 0.319 e. The minimum atomic E-state index is -0.0754. The van der Waals surface area contributed by atoms with Crippen LogP contribution in [0.2, 0.25) is 0 Å². The van der Waals surface area contributed by atoms with Gasteiger partial charge in [0.05, 0.1) is 0 Å². The molecule has 4 heteroatoms. The Morgan fingerprint density at radius 1 is 1.67 bits per heavy atom. The van der Waals surface area contributed by atoms with E-state index in [0.717, 1.165) is 24.5 Å². The first-order chi connectivity index (χ1) is 5.72. The van der Waals surface area contributed by atoms with Crippen molar-refractivity contribution in [1.29, 1.82) is 0 Å². The molecule has 0 atom stereocenters. The van der Waals surface area contributed by atoms with Gasteiger partial charge in [0.2, 0.25) is 0 Å². The van der Waals surface area contributed by atoms with Crippen molar-refractivity contribution < 1.29 is 0 Å². The molecule has 0 radical (unpaired) electrons. The molecule has 0 amide bonds. The predicted molar refractivity (Wildman–Crippen MR) is 47.2 cm³/mol. The molecule has 0 unspecified atom stereocenters. The predicted octanol–water partition coefficient (Wildman–Crippen LogP) is -0.160. The maximum Gasteiger partial charge on any atom is 0.251 e. The minimum Gasteiger partial charge on any atom is -0.319 e. The third kappa shape index (κ3) is 2.47. The van der Waals surface area contributed by atoms with Crippen LogP contribution in [-0.2, 0) is 6.42 Å². The molecule has 0 saturated heterocycles. The van der Waals surface area contributed by atoms with E-state index in [1.165, 1.54) is 6.07 Å². The maximum atomic E-state index is 11.0. The average Bonchev–Trinajstić information content (AvgIpc) is 1.99. The van der Waals surface area contributed by atoms with E-state index < -0.39 is 0 Å². The highest BCUT2D eigenvalue weighted by molar-refractivity contribution is 5.00. The van der Waals surface area contributed by atoms with Crippen LogP contribution in [-0.4, -0.2) is 23.6 Å². The smallest absolute Gasteiger partial charge is 0.251 e. The highest BCUT2D eigenvalue weighted by atomic mass is 16.1. The molecule has 0 aliphatic heterocycles. The van der Waals surface area contributed by atoms with Crippen LogP contribution in [0.15, 0.2) is 10.9 Å². The number of nitrogens with zero attached hydrogens (tertiary/aromatic N) is 1. The van der Waals surface area contributed by atoms with Crippen molar-refractivity contribution in [2.45, 2.75) is 13.3 Å². The molecule has 1 aromatic rings. The summed E-state index contributed by atoms with van der Waals surface area (Å²) in [6.45, 7) is 2.64. The average molecular weight is 167 g/mol. The van der Waals surface area contributed by atoms with Gasteiger partial charge in [-0.05, 0) is 14.0 Å². The zero-order valence-corrected chi connectivity index (χ0v) is 7.35. The van der Waals surface area contributed by atoms with Crippen LogP contribution in [0.3, 0.4) is 0 Å². The maximum absolute atomic E-state index is 11.0. The summed E-state index contributed by atoms with van der Waals surface area (Å²) in [6, 6.07) is 1.49. The van der Waals surface area contributed by atoms with E-state index in [0.29, 0.717) is 0 Å². The Morgan fingerprint density at radius 3 is 3.00 bits per heavy atom. The Kier molecular flexibility index (Phi) is 2.99. The second-order valence-corrected chi connectivity index (χ2v) is 2.69. The van der Waals surface area contributed by atoms with Crippen molar-refractivity contribution in [3.63, 3.8) is 0 Å². The molecule has 1 aromatic heterocycles. The van der Waals surface area contributed by atoms with Gasteiger partial charge in [0.25, 0.3) is 5.56 Å². The van der Waals surface area contributed by atoms with Crippen LogP contribution < -0.4 is 10.9 Å². The van der Waals surface area contributed by atoms with Crippen molar-refractivity contribution in [1.82, 2.24) is 15.3 Å². The van der Waals surface area contributed by atoms with Crippen LogP contribution in [0, 0.1) is 6.92 Å². The molecule has 66 valence electrons. The summed E-state index contributed by atoms with van der Waals surface area (Å²) in [5.41, 5.74) is 0.693. The van der Waals surface area contributed by atoms with Crippen LogP contribution in [0.25, 0.3) is 0 Å². The van der Waals surface area contributed by atoms with Gasteiger partial charge in [-0.1, -0.05) is 0 Å². The third-order valence-electron chi connectivity index (χ3n) is 1.53. The first kappa shape index (κ1) is 8.93. The highest BCUT2D eigenvalue weighted by Crippen LogP contribution is 1.89. The number of hydrogen-bond acceptors (Lipinski definition) is 3. The topological polar surface area (TPSA) is 57.8 Å². The van der Waals surface area contributed by atoms with Gasteiger partial charge in [-0.25, -0.2) is 4.98 Å². The van der Waals surface area contributed by atoms with Crippen LogP contribution in [0.4, 0.5) is 0 Å². The Bertz CT molecular complexity index is 305. The van der Waals surface area contributed by atoms with Crippen molar-refractivity contribution in [3.05, 3.63) is 27.9 Å². The Hall–Kier alpha value is -1.16. The number of aromatic nitrogens is 2. The van der Waals surface area contributed by atoms with Crippen LogP contribution in [0.5, 0.6) is 0 Å². The van der Waals surface area contributed by atoms with Gasteiger partial charge in [-0.15, -0.1) is 0 Å². The van der Waals surface area contributed by atoms with E-state index in [-0.39, 0.29) is 5.56 Å². The summed E-state index contributed by atoms with van der Waals surface area (Å²) in [6.07, 6.45) is 0.757. The van der Waals surface area contributed by atoms with Gasteiger partial charge < -0.3 is 10.3 Å². The number of hydrogen-bond donors (Lipinski definition) is 2. The molecule has 1 rings (SSSR count). The van der Waals surface area contributed by atoms with Gasteiger partial charge in [0, 0.05) is 24.7 Å². The third-order valence-corrected chi connectivity index (χ3v) is 1.53. The number of aromatic amines is 1. The first-order valence-corrected chi connectivity index (χ1v) is 3.94. The molecule has 12 heavy (non-hydrogen) atoms. The van der Waals surface area contributed by atoms with Gasteiger partial charge >= 0.3 is 0 Å². The fourth-order valence-corrected chi connectivity index (χ4v) is 1.00. The standard InChI is InChI=1S/C8H13N3O/c1-6-5-8(12)11-7(10-6)3-4-9-2/h5,9H,3-4H2,1-2H3,(H,10,11,12). The number of rotatable bonds is 3. The van der Waals surface area contributed by atoms with Crippen molar-refractivity contribution >= 4 is 0 Å². The van der Waals surface area contributed by atoms with Crippen LogP contribution in [0.1, 0.15) is 11.5 Å². The Morgan fingerprint density at radius 2 is 2.42 bits per heavy atom. The zero-order chi connectivity index (χ0) is 8.97. The number of H-pyrrole nitrogens is 1.